The molecule has 0 aromatic rings. The molecule has 0 radical (unpaired) electrons. The fraction of sp³-hybridized carbons (Fsp3) is 0.941. The van der Waals surface area contributed by atoms with Crippen LogP contribution in [0.25, 0.3) is 0 Å². The van der Waals surface area contributed by atoms with E-state index in [1.807, 2.05) is 0 Å². The van der Waals surface area contributed by atoms with Gasteiger partial charge in [0, 0.05) is 19.4 Å². The second-order valence-corrected chi connectivity index (χ2v) is 7.92. The lowest BCUT2D eigenvalue weighted by atomic mass is 9.60. The van der Waals surface area contributed by atoms with E-state index in [0.717, 1.165) is 25.2 Å². The highest BCUT2D eigenvalue weighted by Gasteiger charge is 2.63. The van der Waals surface area contributed by atoms with E-state index in [-0.39, 0.29) is 5.92 Å². The predicted octanol–water partition coefficient (Wildman–Crippen LogP) is 3.83. The standard InChI is InChI=1S/C17H28O2/c1-16(2)11-7-8-17(16,3)14(9-11)13-10-12(19-4)5-6-15(13)18/h11-14H,5-10H2,1-4H3/t11-,12?,13?,14+,17+/m0/s1. The molecule has 0 spiro atoms. The summed E-state index contributed by atoms with van der Waals surface area (Å²) in [5.74, 6) is 2.22. The molecular formula is C17H28O2. The summed E-state index contributed by atoms with van der Waals surface area (Å²) in [5, 5.41) is 0. The van der Waals surface area contributed by atoms with Crippen LogP contribution in [-0.4, -0.2) is 19.0 Å². The molecule has 0 amide bonds. The Balaban J connectivity index is 1.85. The van der Waals surface area contributed by atoms with E-state index in [1.54, 1.807) is 7.11 Å². The van der Waals surface area contributed by atoms with Crippen LogP contribution in [0, 0.1) is 28.6 Å². The Kier molecular flexibility index (Phi) is 3.09. The number of hydrogen-bond donors (Lipinski definition) is 0. The zero-order valence-electron chi connectivity index (χ0n) is 12.9. The van der Waals surface area contributed by atoms with Crippen molar-refractivity contribution in [3.8, 4) is 0 Å². The highest BCUT2D eigenvalue weighted by Crippen LogP contribution is 2.70. The van der Waals surface area contributed by atoms with Gasteiger partial charge in [-0.15, -0.1) is 0 Å². The van der Waals surface area contributed by atoms with Crippen LogP contribution in [0.5, 0.6) is 0 Å². The number of hydrogen-bond acceptors (Lipinski definition) is 2. The van der Waals surface area contributed by atoms with E-state index in [4.69, 9.17) is 4.74 Å². The molecule has 0 heterocycles. The van der Waals surface area contributed by atoms with E-state index in [1.165, 1.54) is 19.3 Å². The zero-order valence-corrected chi connectivity index (χ0v) is 12.9. The van der Waals surface area contributed by atoms with Crippen molar-refractivity contribution < 1.29 is 9.53 Å². The number of carbonyl (C=O) groups excluding carboxylic acids is 1. The van der Waals surface area contributed by atoms with Gasteiger partial charge in [0.1, 0.15) is 5.78 Å². The van der Waals surface area contributed by atoms with Crippen LogP contribution < -0.4 is 0 Å². The number of methoxy groups -OCH3 is 1. The van der Waals surface area contributed by atoms with Crippen molar-refractivity contribution in [2.24, 2.45) is 28.6 Å². The Morgan fingerprint density at radius 2 is 1.89 bits per heavy atom. The van der Waals surface area contributed by atoms with Crippen molar-refractivity contribution >= 4 is 5.78 Å². The van der Waals surface area contributed by atoms with Gasteiger partial charge >= 0.3 is 0 Å². The SMILES string of the molecule is COC1CCC(=O)C([C@H]2C[C@@H]3CC[C@@]2(C)C3(C)C)C1. The molecule has 3 fully saturated rings. The van der Waals surface area contributed by atoms with E-state index < -0.39 is 0 Å². The first-order valence-electron chi connectivity index (χ1n) is 7.95. The fourth-order valence-electron chi connectivity index (χ4n) is 5.50. The normalized spacial score (nSPS) is 48.7. The topological polar surface area (TPSA) is 26.3 Å². The van der Waals surface area contributed by atoms with Gasteiger partial charge in [0.05, 0.1) is 6.10 Å². The maximum atomic E-state index is 12.4. The molecule has 2 nitrogen and oxygen atoms in total. The molecule has 3 rings (SSSR count). The van der Waals surface area contributed by atoms with Crippen molar-refractivity contribution in [1.29, 1.82) is 0 Å². The molecule has 0 aromatic carbocycles. The highest BCUT2D eigenvalue weighted by atomic mass is 16.5. The Labute approximate surface area is 117 Å². The lowest BCUT2D eigenvalue weighted by Crippen LogP contribution is -2.42. The third-order valence-corrected chi connectivity index (χ3v) is 7.32. The minimum Gasteiger partial charge on any atom is -0.381 e. The molecular weight excluding hydrogens is 236 g/mol. The molecule has 2 bridgehead atoms. The molecule has 5 atom stereocenters. The monoisotopic (exact) mass is 264 g/mol. The van der Waals surface area contributed by atoms with E-state index in [2.05, 4.69) is 20.8 Å². The first-order chi connectivity index (χ1) is 8.90. The summed E-state index contributed by atoms with van der Waals surface area (Å²) in [6.07, 6.45) is 6.91. The number of carbonyl (C=O) groups is 1. The maximum absolute atomic E-state index is 12.4. The molecule has 108 valence electrons. The average molecular weight is 264 g/mol. The Morgan fingerprint density at radius 1 is 1.16 bits per heavy atom. The van der Waals surface area contributed by atoms with Crippen LogP contribution in [0.3, 0.4) is 0 Å². The second kappa shape index (κ2) is 4.31. The molecule has 19 heavy (non-hydrogen) atoms. The molecule has 0 aliphatic heterocycles. The van der Waals surface area contributed by atoms with Gasteiger partial charge in [-0.25, -0.2) is 0 Å². The minimum atomic E-state index is 0.272. The summed E-state index contributed by atoms with van der Waals surface area (Å²) in [4.78, 5) is 12.4. The van der Waals surface area contributed by atoms with E-state index in [0.29, 0.717) is 28.6 Å². The molecule has 0 N–H and O–H groups in total. The van der Waals surface area contributed by atoms with Crippen molar-refractivity contribution in [1.82, 2.24) is 0 Å². The largest absolute Gasteiger partial charge is 0.381 e. The average Bonchev–Trinajstić information content (AvgIpc) is 2.72. The lowest BCUT2D eigenvalue weighted by Gasteiger charge is -2.44. The summed E-state index contributed by atoms with van der Waals surface area (Å²) in [6, 6.07) is 0. The lowest BCUT2D eigenvalue weighted by molar-refractivity contribution is -0.132. The summed E-state index contributed by atoms with van der Waals surface area (Å²) in [6.45, 7) is 7.33. The van der Waals surface area contributed by atoms with Gasteiger partial charge in [0.2, 0.25) is 0 Å². The number of ketones is 1. The second-order valence-electron chi connectivity index (χ2n) is 7.92. The number of Topliss-reactive ketones (excluding diaryl/α,β-unsaturated/α-hetero) is 1. The summed E-state index contributed by atoms with van der Waals surface area (Å²) in [5.41, 5.74) is 0.783. The third-order valence-electron chi connectivity index (χ3n) is 7.32. The first-order valence-corrected chi connectivity index (χ1v) is 7.95. The van der Waals surface area contributed by atoms with Crippen molar-refractivity contribution in [2.75, 3.05) is 7.11 Å². The van der Waals surface area contributed by atoms with Crippen molar-refractivity contribution in [3.63, 3.8) is 0 Å². The Bertz CT molecular complexity index is 387. The third kappa shape index (κ3) is 1.75. The molecule has 3 saturated carbocycles. The molecule has 0 aromatic heterocycles. The van der Waals surface area contributed by atoms with Crippen molar-refractivity contribution in [3.05, 3.63) is 0 Å². The summed E-state index contributed by atoms with van der Waals surface area (Å²) < 4.78 is 5.54. The zero-order chi connectivity index (χ0) is 13.8. The quantitative estimate of drug-likeness (QED) is 0.757. The van der Waals surface area contributed by atoms with Crippen LogP contribution >= 0.6 is 0 Å². The molecule has 3 aliphatic rings. The van der Waals surface area contributed by atoms with Crippen LogP contribution in [0.1, 0.15) is 59.3 Å². The van der Waals surface area contributed by atoms with Crippen LogP contribution in [0.15, 0.2) is 0 Å². The Hall–Kier alpha value is -0.370. The van der Waals surface area contributed by atoms with Gasteiger partial charge in [0.25, 0.3) is 0 Å². The number of ether oxygens (including phenoxy) is 1. The highest BCUT2D eigenvalue weighted by molar-refractivity contribution is 5.82. The Morgan fingerprint density at radius 3 is 2.42 bits per heavy atom. The first kappa shape index (κ1) is 13.6. The molecule has 0 saturated heterocycles. The summed E-state index contributed by atoms with van der Waals surface area (Å²) >= 11 is 0. The van der Waals surface area contributed by atoms with Crippen molar-refractivity contribution in [2.45, 2.75) is 65.4 Å². The van der Waals surface area contributed by atoms with E-state index in [9.17, 15) is 4.79 Å². The number of fused-ring (bicyclic) bond motifs is 2. The van der Waals surface area contributed by atoms with Crippen LogP contribution in [0.2, 0.25) is 0 Å². The fourth-order valence-corrected chi connectivity index (χ4v) is 5.50. The van der Waals surface area contributed by atoms with Gasteiger partial charge in [-0.05, 0) is 54.8 Å². The van der Waals surface area contributed by atoms with Gasteiger partial charge < -0.3 is 4.74 Å². The molecule has 2 heteroatoms. The maximum Gasteiger partial charge on any atom is 0.136 e. The number of rotatable bonds is 2. The minimum absolute atomic E-state index is 0.272. The van der Waals surface area contributed by atoms with Crippen LogP contribution in [0.4, 0.5) is 0 Å². The summed E-state index contributed by atoms with van der Waals surface area (Å²) in [7, 11) is 1.80. The van der Waals surface area contributed by atoms with Crippen LogP contribution in [-0.2, 0) is 9.53 Å². The van der Waals surface area contributed by atoms with Gasteiger partial charge in [-0.1, -0.05) is 20.8 Å². The van der Waals surface area contributed by atoms with Gasteiger partial charge in [-0.2, -0.15) is 0 Å². The molecule has 3 aliphatic carbocycles. The van der Waals surface area contributed by atoms with E-state index >= 15 is 0 Å². The molecule has 2 unspecified atom stereocenters. The predicted molar refractivity (Wildman–Crippen MR) is 75.9 cm³/mol. The van der Waals surface area contributed by atoms with Gasteiger partial charge in [-0.3, -0.25) is 4.79 Å². The smallest absolute Gasteiger partial charge is 0.136 e. The van der Waals surface area contributed by atoms with Gasteiger partial charge in [0.15, 0.2) is 0 Å².